The SMILES string of the molecule is CCc1c(C(=O)O)nn2c1C(=O)N(Cc1ncccc1C)CC2. The standard InChI is InChI=1S/C16H18N4O3/c1-3-11-13(16(22)23)18-20-8-7-19(15(21)14(11)20)9-12-10(2)5-4-6-17-12/h4-6H,3,7-9H2,1-2H3,(H,22,23). The van der Waals surface area contributed by atoms with Crippen molar-refractivity contribution in [3.8, 4) is 0 Å². The zero-order valence-corrected chi connectivity index (χ0v) is 13.1. The third-order valence-electron chi connectivity index (χ3n) is 4.14. The molecule has 0 spiro atoms. The van der Waals surface area contributed by atoms with Crippen LogP contribution in [0.4, 0.5) is 0 Å². The van der Waals surface area contributed by atoms with Crippen molar-refractivity contribution in [1.82, 2.24) is 19.7 Å². The Morgan fingerprint density at radius 1 is 1.39 bits per heavy atom. The third kappa shape index (κ3) is 2.58. The van der Waals surface area contributed by atoms with E-state index in [1.807, 2.05) is 26.0 Å². The van der Waals surface area contributed by atoms with E-state index in [4.69, 9.17) is 0 Å². The van der Waals surface area contributed by atoms with E-state index in [2.05, 4.69) is 10.1 Å². The van der Waals surface area contributed by atoms with Crippen LogP contribution in [-0.4, -0.2) is 43.2 Å². The maximum atomic E-state index is 12.8. The largest absolute Gasteiger partial charge is 0.476 e. The van der Waals surface area contributed by atoms with E-state index < -0.39 is 5.97 Å². The van der Waals surface area contributed by atoms with Crippen molar-refractivity contribution in [3.05, 3.63) is 46.5 Å². The summed E-state index contributed by atoms with van der Waals surface area (Å²) < 4.78 is 1.52. The number of carboxylic acid groups (broad SMARTS) is 1. The summed E-state index contributed by atoms with van der Waals surface area (Å²) in [6.07, 6.45) is 2.17. The number of carbonyl (C=O) groups excluding carboxylic acids is 1. The smallest absolute Gasteiger partial charge is 0.356 e. The number of hydrogen-bond acceptors (Lipinski definition) is 4. The number of rotatable bonds is 4. The molecule has 0 aliphatic carbocycles. The first kappa shape index (κ1) is 15.2. The Kier molecular flexibility index (Phi) is 3.85. The van der Waals surface area contributed by atoms with Gasteiger partial charge in [-0.2, -0.15) is 5.10 Å². The van der Waals surface area contributed by atoms with Gasteiger partial charge in [0.2, 0.25) is 0 Å². The third-order valence-corrected chi connectivity index (χ3v) is 4.14. The molecule has 7 nitrogen and oxygen atoms in total. The molecule has 3 rings (SSSR count). The second-order valence-electron chi connectivity index (χ2n) is 5.55. The zero-order chi connectivity index (χ0) is 16.6. The molecule has 0 saturated heterocycles. The molecule has 0 saturated carbocycles. The second kappa shape index (κ2) is 5.83. The molecule has 0 unspecified atom stereocenters. The molecule has 2 aromatic heterocycles. The number of aromatic nitrogens is 3. The molecule has 3 heterocycles. The molecule has 0 radical (unpaired) electrons. The van der Waals surface area contributed by atoms with Crippen molar-refractivity contribution in [1.29, 1.82) is 0 Å². The van der Waals surface area contributed by atoms with Crippen molar-refractivity contribution in [2.24, 2.45) is 0 Å². The molecule has 7 heteroatoms. The van der Waals surface area contributed by atoms with Gasteiger partial charge in [0.15, 0.2) is 5.69 Å². The van der Waals surface area contributed by atoms with Crippen LogP contribution in [0.15, 0.2) is 18.3 Å². The van der Waals surface area contributed by atoms with Crippen molar-refractivity contribution >= 4 is 11.9 Å². The molecule has 0 fully saturated rings. The predicted octanol–water partition coefficient (Wildman–Crippen LogP) is 1.50. The van der Waals surface area contributed by atoms with E-state index in [1.165, 1.54) is 4.68 Å². The number of fused-ring (bicyclic) bond motifs is 1. The fourth-order valence-corrected chi connectivity index (χ4v) is 2.89. The van der Waals surface area contributed by atoms with Gasteiger partial charge < -0.3 is 10.0 Å². The molecular weight excluding hydrogens is 296 g/mol. The van der Waals surface area contributed by atoms with Crippen molar-refractivity contribution in [3.63, 3.8) is 0 Å². The molecule has 23 heavy (non-hydrogen) atoms. The van der Waals surface area contributed by atoms with Gasteiger partial charge in [0, 0.05) is 18.3 Å². The number of carboxylic acids is 1. The van der Waals surface area contributed by atoms with Gasteiger partial charge >= 0.3 is 5.97 Å². The molecule has 0 aromatic carbocycles. The highest BCUT2D eigenvalue weighted by Gasteiger charge is 2.32. The normalized spacial score (nSPS) is 14.0. The van der Waals surface area contributed by atoms with E-state index in [-0.39, 0.29) is 11.6 Å². The van der Waals surface area contributed by atoms with Gasteiger partial charge in [0.1, 0.15) is 5.69 Å². The molecule has 1 aliphatic rings. The fourth-order valence-electron chi connectivity index (χ4n) is 2.89. The summed E-state index contributed by atoms with van der Waals surface area (Å²) in [5, 5.41) is 13.3. The Hall–Kier alpha value is -2.70. The first-order valence-electron chi connectivity index (χ1n) is 7.55. The van der Waals surface area contributed by atoms with Crippen LogP contribution in [0.1, 0.15) is 44.7 Å². The summed E-state index contributed by atoms with van der Waals surface area (Å²) in [7, 11) is 0. The van der Waals surface area contributed by atoms with Crippen molar-refractivity contribution in [2.75, 3.05) is 6.54 Å². The first-order valence-corrected chi connectivity index (χ1v) is 7.55. The van der Waals surface area contributed by atoms with E-state index in [0.717, 1.165) is 11.3 Å². The molecule has 120 valence electrons. The summed E-state index contributed by atoms with van der Waals surface area (Å²) in [5.41, 5.74) is 2.76. The number of aryl methyl sites for hydroxylation is 1. The van der Waals surface area contributed by atoms with Crippen LogP contribution in [0.3, 0.4) is 0 Å². The quantitative estimate of drug-likeness (QED) is 0.924. The Bertz CT molecular complexity index is 782. The molecular formula is C16H18N4O3. The van der Waals surface area contributed by atoms with Gasteiger partial charge in [0.05, 0.1) is 18.8 Å². The first-order chi connectivity index (χ1) is 11.0. The average Bonchev–Trinajstić information content (AvgIpc) is 2.91. The Morgan fingerprint density at radius 2 is 2.17 bits per heavy atom. The number of amides is 1. The zero-order valence-electron chi connectivity index (χ0n) is 13.1. The summed E-state index contributed by atoms with van der Waals surface area (Å²) in [6.45, 7) is 5.20. The number of hydrogen-bond donors (Lipinski definition) is 1. The maximum absolute atomic E-state index is 12.8. The van der Waals surface area contributed by atoms with E-state index in [9.17, 15) is 14.7 Å². The van der Waals surface area contributed by atoms with Crippen LogP contribution in [0, 0.1) is 6.92 Å². The second-order valence-corrected chi connectivity index (χ2v) is 5.55. The van der Waals surface area contributed by atoms with Gasteiger partial charge in [-0.25, -0.2) is 4.79 Å². The molecule has 1 aliphatic heterocycles. The lowest BCUT2D eigenvalue weighted by Crippen LogP contribution is -2.40. The van der Waals surface area contributed by atoms with Crippen LogP contribution >= 0.6 is 0 Å². The highest BCUT2D eigenvalue weighted by molar-refractivity contribution is 5.98. The van der Waals surface area contributed by atoms with E-state index in [0.29, 0.717) is 37.3 Å². The molecule has 2 aromatic rings. The topological polar surface area (TPSA) is 88.3 Å². The lowest BCUT2D eigenvalue weighted by Gasteiger charge is -2.28. The lowest BCUT2D eigenvalue weighted by atomic mass is 10.1. The Labute approximate surface area is 133 Å². The fraction of sp³-hybridized carbons (Fsp3) is 0.375. The lowest BCUT2D eigenvalue weighted by molar-refractivity contribution is 0.0669. The van der Waals surface area contributed by atoms with E-state index in [1.54, 1.807) is 11.1 Å². The van der Waals surface area contributed by atoms with Crippen LogP contribution in [0.25, 0.3) is 0 Å². The summed E-state index contributed by atoms with van der Waals surface area (Å²) in [5.74, 6) is -1.28. The van der Waals surface area contributed by atoms with Gasteiger partial charge in [-0.15, -0.1) is 0 Å². The summed E-state index contributed by atoms with van der Waals surface area (Å²) in [6, 6.07) is 3.82. The Morgan fingerprint density at radius 3 is 2.83 bits per heavy atom. The molecule has 0 atom stereocenters. The summed E-state index contributed by atoms with van der Waals surface area (Å²) >= 11 is 0. The molecule has 0 bridgehead atoms. The Balaban J connectivity index is 1.94. The predicted molar refractivity (Wildman–Crippen MR) is 82.3 cm³/mol. The van der Waals surface area contributed by atoms with Gasteiger partial charge in [-0.05, 0) is 25.0 Å². The minimum Gasteiger partial charge on any atom is -0.476 e. The maximum Gasteiger partial charge on any atom is 0.356 e. The van der Waals surface area contributed by atoms with Gasteiger partial charge in [0.25, 0.3) is 5.91 Å². The number of nitrogens with zero attached hydrogens (tertiary/aromatic N) is 4. The molecule has 1 amide bonds. The molecule has 1 N–H and O–H groups in total. The van der Waals surface area contributed by atoms with E-state index >= 15 is 0 Å². The minimum absolute atomic E-state index is 0.0216. The summed E-state index contributed by atoms with van der Waals surface area (Å²) in [4.78, 5) is 30.1. The minimum atomic E-state index is -1.09. The monoisotopic (exact) mass is 314 g/mol. The van der Waals surface area contributed by atoms with Crippen LogP contribution in [0.5, 0.6) is 0 Å². The average molecular weight is 314 g/mol. The van der Waals surface area contributed by atoms with Crippen LogP contribution in [-0.2, 0) is 19.5 Å². The number of carbonyl (C=O) groups is 2. The van der Waals surface area contributed by atoms with Crippen LogP contribution in [0.2, 0.25) is 0 Å². The highest BCUT2D eigenvalue weighted by atomic mass is 16.4. The highest BCUT2D eigenvalue weighted by Crippen LogP contribution is 2.22. The van der Waals surface area contributed by atoms with Gasteiger partial charge in [-0.1, -0.05) is 13.0 Å². The van der Waals surface area contributed by atoms with Crippen molar-refractivity contribution in [2.45, 2.75) is 33.4 Å². The van der Waals surface area contributed by atoms with Crippen LogP contribution < -0.4 is 0 Å². The van der Waals surface area contributed by atoms with Gasteiger partial charge in [-0.3, -0.25) is 14.5 Å². The number of aromatic carboxylic acids is 1. The number of pyridine rings is 1. The van der Waals surface area contributed by atoms with Crippen molar-refractivity contribution < 1.29 is 14.7 Å².